The molecule has 3 nitrogen and oxygen atoms in total. The van der Waals surface area contributed by atoms with Gasteiger partial charge in [0.25, 0.3) is 5.56 Å². The molecular formula is C20H13ClN2O. The van der Waals surface area contributed by atoms with E-state index >= 15 is 0 Å². The summed E-state index contributed by atoms with van der Waals surface area (Å²) in [4.78, 5) is 12.7. The molecule has 0 spiro atoms. The zero-order chi connectivity index (χ0) is 16.5. The summed E-state index contributed by atoms with van der Waals surface area (Å²) in [6, 6.07) is 25.0. The highest BCUT2D eigenvalue weighted by atomic mass is 35.5. The fourth-order valence-corrected chi connectivity index (χ4v) is 2.99. The predicted octanol–water partition coefficient (Wildman–Crippen LogP) is 4.71. The van der Waals surface area contributed by atoms with Crippen LogP contribution in [0.1, 0.15) is 0 Å². The molecule has 0 fully saturated rings. The molecule has 0 atom stereocenters. The van der Waals surface area contributed by atoms with Crippen molar-refractivity contribution in [2.45, 2.75) is 0 Å². The molecule has 116 valence electrons. The van der Waals surface area contributed by atoms with E-state index in [9.17, 15) is 4.79 Å². The summed E-state index contributed by atoms with van der Waals surface area (Å²) in [5, 5.41) is 5.79. The van der Waals surface area contributed by atoms with Gasteiger partial charge >= 0.3 is 0 Å². The van der Waals surface area contributed by atoms with Gasteiger partial charge in [-0.2, -0.15) is 9.78 Å². The summed E-state index contributed by atoms with van der Waals surface area (Å²) >= 11 is 6.24. The van der Waals surface area contributed by atoms with Gasteiger partial charge in [-0.05, 0) is 29.3 Å². The average Bonchev–Trinajstić information content (AvgIpc) is 2.66. The lowest BCUT2D eigenvalue weighted by atomic mass is 10.1. The van der Waals surface area contributed by atoms with Gasteiger partial charge in [0.05, 0.1) is 11.1 Å². The van der Waals surface area contributed by atoms with Crippen molar-refractivity contribution < 1.29 is 0 Å². The first kappa shape index (κ1) is 14.7. The van der Waals surface area contributed by atoms with E-state index in [1.807, 2.05) is 66.7 Å². The van der Waals surface area contributed by atoms with E-state index in [4.69, 9.17) is 11.6 Å². The van der Waals surface area contributed by atoms with Crippen molar-refractivity contribution in [3.63, 3.8) is 0 Å². The summed E-state index contributed by atoms with van der Waals surface area (Å²) in [7, 11) is 0. The summed E-state index contributed by atoms with van der Waals surface area (Å²) < 4.78 is 1.35. The molecule has 0 unspecified atom stereocenters. The summed E-state index contributed by atoms with van der Waals surface area (Å²) in [6.45, 7) is 0. The zero-order valence-electron chi connectivity index (χ0n) is 12.7. The van der Waals surface area contributed by atoms with Crippen molar-refractivity contribution in [3.8, 4) is 16.8 Å². The SMILES string of the molecule is O=c1c2ccccc2c(Cl)nn1-c1ccc(-c2ccccc2)cc1. The van der Waals surface area contributed by atoms with Crippen molar-refractivity contribution in [1.82, 2.24) is 9.78 Å². The largest absolute Gasteiger partial charge is 0.279 e. The quantitative estimate of drug-likeness (QED) is 0.533. The molecule has 0 radical (unpaired) electrons. The van der Waals surface area contributed by atoms with Crippen LogP contribution in [0.25, 0.3) is 27.6 Å². The van der Waals surface area contributed by atoms with Crippen LogP contribution in [0.15, 0.2) is 83.7 Å². The third-order valence-corrected chi connectivity index (χ3v) is 4.26. The molecular weight excluding hydrogens is 320 g/mol. The molecule has 4 aromatic rings. The molecule has 0 amide bonds. The monoisotopic (exact) mass is 332 g/mol. The molecule has 0 saturated heterocycles. The van der Waals surface area contributed by atoms with Crippen molar-refractivity contribution >= 4 is 22.4 Å². The molecule has 1 aromatic heterocycles. The Morgan fingerprint density at radius 3 is 2.00 bits per heavy atom. The number of aromatic nitrogens is 2. The first-order chi connectivity index (χ1) is 11.7. The van der Waals surface area contributed by atoms with E-state index in [1.165, 1.54) is 4.68 Å². The Labute approximate surface area is 143 Å². The van der Waals surface area contributed by atoms with Crippen LogP contribution in [0.4, 0.5) is 0 Å². The van der Waals surface area contributed by atoms with Crippen molar-refractivity contribution in [3.05, 3.63) is 94.4 Å². The Bertz CT molecular complexity index is 1070. The lowest BCUT2D eigenvalue weighted by Gasteiger charge is -2.09. The van der Waals surface area contributed by atoms with Crippen LogP contribution in [-0.4, -0.2) is 9.78 Å². The standard InChI is InChI=1S/C20H13ClN2O/c21-19-17-8-4-5-9-18(17)20(24)23(22-19)16-12-10-15(11-13-16)14-6-2-1-3-7-14/h1-13H. The Kier molecular flexibility index (Phi) is 3.63. The molecule has 3 aromatic carbocycles. The Morgan fingerprint density at radius 2 is 1.29 bits per heavy atom. The van der Waals surface area contributed by atoms with Crippen LogP contribution < -0.4 is 5.56 Å². The maximum atomic E-state index is 12.7. The highest BCUT2D eigenvalue weighted by molar-refractivity contribution is 6.34. The number of benzene rings is 3. The fraction of sp³-hybridized carbons (Fsp3) is 0. The van der Waals surface area contributed by atoms with E-state index in [-0.39, 0.29) is 5.56 Å². The fourth-order valence-electron chi connectivity index (χ4n) is 2.75. The highest BCUT2D eigenvalue weighted by Gasteiger charge is 2.10. The van der Waals surface area contributed by atoms with Gasteiger partial charge < -0.3 is 0 Å². The van der Waals surface area contributed by atoms with E-state index in [1.54, 1.807) is 12.1 Å². The number of halogens is 1. The van der Waals surface area contributed by atoms with E-state index in [0.717, 1.165) is 11.1 Å². The summed E-state index contributed by atoms with van der Waals surface area (Å²) in [6.07, 6.45) is 0. The molecule has 0 aliphatic rings. The van der Waals surface area contributed by atoms with E-state index < -0.39 is 0 Å². The lowest BCUT2D eigenvalue weighted by Crippen LogP contribution is -2.21. The third-order valence-electron chi connectivity index (χ3n) is 3.98. The second-order valence-corrected chi connectivity index (χ2v) is 5.82. The normalized spacial score (nSPS) is 10.9. The van der Waals surface area contributed by atoms with Gasteiger partial charge in [-0.3, -0.25) is 4.79 Å². The van der Waals surface area contributed by atoms with Gasteiger partial charge in [0.15, 0.2) is 5.15 Å². The number of hydrogen-bond donors (Lipinski definition) is 0. The summed E-state index contributed by atoms with van der Waals surface area (Å²) in [5.74, 6) is 0. The lowest BCUT2D eigenvalue weighted by molar-refractivity contribution is 0.822. The van der Waals surface area contributed by atoms with Crippen molar-refractivity contribution in [1.29, 1.82) is 0 Å². The van der Waals surface area contributed by atoms with Gasteiger partial charge in [-0.15, -0.1) is 0 Å². The number of fused-ring (bicyclic) bond motifs is 1. The maximum absolute atomic E-state index is 12.7. The first-order valence-electron chi connectivity index (χ1n) is 7.57. The van der Waals surface area contributed by atoms with E-state index in [0.29, 0.717) is 21.6 Å². The second-order valence-electron chi connectivity index (χ2n) is 5.47. The van der Waals surface area contributed by atoms with Crippen LogP contribution >= 0.6 is 11.6 Å². The Morgan fingerprint density at radius 1 is 0.708 bits per heavy atom. The minimum Gasteiger partial charge on any atom is -0.267 e. The molecule has 4 rings (SSSR count). The molecule has 0 aliphatic heterocycles. The van der Waals surface area contributed by atoms with Crippen molar-refractivity contribution in [2.24, 2.45) is 0 Å². The van der Waals surface area contributed by atoms with Crippen molar-refractivity contribution in [2.75, 3.05) is 0 Å². The minimum absolute atomic E-state index is 0.178. The average molecular weight is 333 g/mol. The zero-order valence-corrected chi connectivity index (χ0v) is 13.4. The van der Waals surface area contributed by atoms with Crippen LogP contribution in [0.3, 0.4) is 0 Å². The smallest absolute Gasteiger partial charge is 0.267 e. The Balaban J connectivity index is 1.84. The molecule has 0 N–H and O–H groups in total. The number of nitrogens with zero attached hydrogens (tertiary/aromatic N) is 2. The van der Waals surface area contributed by atoms with Crippen LogP contribution in [0.2, 0.25) is 5.15 Å². The van der Waals surface area contributed by atoms with Gasteiger partial charge in [0, 0.05) is 5.39 Å². The van der Waals surface area contributed by atoms with Gasteiger partial charge in [0.2, 0.25) is 0 Å². The minimum atomic E-state index is -0.178. The summed E-state index contributed by atoms with van der Waals surface area (Å²) in [5.41, 5.74) is 2.72. The predicted molar refractivity (Wildman–Crippen MR) is 97.8 cm³/mol. The van der Waals surface area contributed by atoms with Crippen LogP contribution in [-0.2, 0) is 0 Å². The molecule has 0 saturated carbocycles. The Hall–Kier alpha value is -2.91. The van der Waals surface area contributed by atoms with Crippen LogP contribution in [0.5, 0.6) is 0 Å². The second kappa shape index (κ2) is 5.95. The maximum Gasteiger partial charge on any atom is 0.279 e. The first-order valence-corrected chi connectivity index (χ1v) is 7.95. The molecule has 1 heterocycles. The van der Waals surface area contributed by atoms with Gasteiger partial charge in [-0.25, -0.2) is 0 Å². The van der Waals surface area contributed by atoms with Gasteiger partial charge in [-0.1, -0.05) is 72.3 Å². The molecule has 0 bridgehead atoms. The van der Waals surface area contributed by atoms with E-state index in [2.05, 4.69) is 5.10 Å². The molecule has 4 heteroatoms. The number of rotatable bonds is 2. The van der Waals surface area contributed by atoms with Crippen LogP contribution in [0, 0.1) is 0 Å². The molecule has 0 aliphatic carbocycles. The van der Waals surface area contributed by atoms with Gasteiger partial charge in [0.1, 0.15) is 0 Å². The topological polar surface area (TPSA) is 34.9 Å². The molecule has 24 heavy (non-hydrogen) atoms. The highest BCUT2D eigenvalue weighted by Crippen LogP contribution is 2.22. The number of hydrogen-bond acceptors (Lipinski definition) is 2. The third kappa shape index (κ3) is 2.49.